The summed E-state index contributed by atoms with van der Waals surface area (Å²) in [5.41, 5.74) is 2.59. The summed E-state index contributed by atoms with van der Waals surface area (Å²) in [5, 5.41) is 3.31. The van der Waals surface area contributed by atoms with Crippen molar-refractivity contribution in [2.75, 3.05) is 5.32 Å². The summed E-state index contributed by atoms with van der Waals surface area (Å²) in [4.78, 5) is 4.27. The molecule has 0 unspecified atom stereocenters. The Morgan fingerprint density at radius 2 is 2.00 bits per heavy atom. The van der Waals surface area contributed by atoms with Crippen LogP contribution in [0.15, 0.2) is 47.1 Å². The van der Waals surface area contributed by atoms with Crippen molar-refractivity contribution in [3.8, 4) is 0 Å². The number of hydrogen-bond acceptors (Lipinski definition) is 2. The SMILES string of the molecule is Cc1ccccc1CNc1ncccc1Br. The minimum absolute atomic E-state index is 0.794. The van der Waals surface area contributed by atoms with Crippen molar-refractivity contribution in [3.63, 3.8) is 0 Å². The maximum Gasteiger partial charge on any atom is 0.140 e. The minimum Gasteiger partial charge on any atom is -0.365 e. The fraction of sp³-hybridized carbons (Fsp3) is 0.154. The molecule has 0 aliphatic carbocycles. The van der Waals surface area contributed by atoms with E-state index in [0.29, 0.717) is 0 Å². The zero-order valence-electron chi connectivity index (χ0n) is 9.07. The first-order valence-electron chi connectivity index (χ1n) is 5.16. The molecule has 1 heterocycles. The van der Waals surface area contributed by atoms with Gasteiger partial charge in [-0.15, -0.1) is 0 Å². The highest BCUT2D eigenvalue weighted by Crippen LogP contribution is 2.19. The van der Waals surface area contributed by atoms with E-state index in [2.05, 4.69) is 57.4 Å². The summed E-state index contributed by atoms with van der Waals surface area (Å²) in [6.07, 6.45) is 1.78. The van der Waals surface area contributed by atoms with E-state index < -0.39 is 0 Å². The lowest BCUT2D eigenvalue weighted by molar-refractivity contribution is 1.08. The normalized spacial score (nSPS) is 10.1. The van der Waals surface area contributed by atoms with Crippen molar-refractivity contribution in [1.29, 1.82) is 0 Å². The minimum atomic E-state index is 0.794. The summed E-state index contributed by atoms with van der Waals surface area (Å²) in [7, 11) is 0. The molecule has 1 aromatic heterocycles. The third kappa shape index (κ3) is 2.61. The Bertz CT molecular complexity index is 437. The molecule has 0 radical (unpaired) electrons. The van der Waals surface area contributed by atoms with E-state index in [1.807, 2.05) is 12.1 Å². The van der Waals surface area contributed by atoms with Crippen LogP contribution >= 0.6 is 15.9 Å². The number of rotatable bonds is 3. The standard InChI is InChI=1S/C13H13BrN2/c1-10-5-2-3-6-11(10)9-16-13-12(14)7-4-8-15-13/h2-8H,9H2,1H3,(H,15,16). The molecular formula is C13H13BrN2. The van der Waals surface area contributed by atoms with E-state index in [0.717, 1.165) is 16.8 Å². The molecule has 0 saturated heterocycles. The zero-order valence-corrected chi connectivity index (χ0v) is 10.7. The molecule has 0 aliphatic heterocycles. The summed E-state index contributed by atoms with van der Waals surface area (Å²) in [6, 6.07) is 12.2. The van der Waals surface area contributed by atoms with Gasteiger partial charge in [0.2, 0.25) is 0 Å². The van der Waals surface area contributed by atoms with Gasteiger partial charge < -0.3 is 5.32 Å². The molecule has 0 saturated carbocycles. The highest BCUT2D eigenvalue weighted by atomic mass is 79.9. The molecule has 1 aromatic carbocycles. The summed E-state index contributed by atoms with van der Waals surface area (Å²) < 4.78 is 0.989. The van der Waals surface area contributed by atoms with Crippen LogP contribution < -0.4 is 5.32 Å². The summed E-state index contributed by atoms with van der Waals surface area (Å²) in [5.74, 6) is 0.880. The van der Waals surface area contributed by atoms with Crippen LogP contribution in [0.2, 0.25) is 0 Å². The lowest BCUT2D eigenvalue weighted by Gasteiger charge is -2.09. The number of nitrogens with zero attached hydrogens (tertiary/aromatic N) is 1. The fourth-order valence-electron chi connectivity index (χ4n) is 1.50. The predicted octanol–water partition coefficient (Wildman–Crippen LogP) is 3.76. The maximum absolute atomic E-state index is 4.27. The highest BCUT2D eigenvalue weighted by molar-refractivity contribution is 9.10. The van der Waals surface area contributed by atoms with Gasteiger partial charge in [-0.3, -0.25) is 0 Å². The van der Waals surface area contributed by atoms with E-state index in [1.54, 1.807) is 6.20 Å². The second kappa shape index (κ2) is 5.12. The number of aromatic nitrogens is 1. The second-order valence-corrected chi connectivity index (χ2v) is 4.47. The van der Waals surface area contributed by atoms with Gasteiger partial charge in [-0.2, -0.15) is 0 Å². The van der Waals surface area contributed by atoms with Crippen molar-refractivity contribution in [2.45, 2.75) is 13.5 Å². The summed E-state index contributed by atoms with van der Waals surface area (Å²) >= 11 is 3.46. The van der Waals surface area contributed by atoms with Crippen LogP contribution in [0.3, 0.4) is 0 Å². The first-order valence-corrected chi connectivity index (χ1v) is 5.95. The fourth-order valence-corrected chi connectivity index (χ4v) is 1.90. The number of benzene rings is 1. The van der Waals surface area contributed by atoms with Gasteiger partial charge >= 0.3 is 0 Å². The Labute approximate surface area is 104 Å². The number of pyridine rings is 1. The first kappa shape index (κ1) is 11.1. The Morgan fingerprint density at radius 3 is 2.75 bits per heavy atom. The maximum atomic E-state index is 4.27. The van der Waals surface area contributed by atoms with Crippen molar-refractivity contribution in [3.05, 3.63) is 58.2 Å². The second-order valence-electron chi connectivity index (χ2n) is 3.61. The van der Waals surface area contributed by atoms with Crippen molar-refractivity contribution in [2.24, 2.45) is 0 Å². The van der Waals surface area contributed by atoms with E-state index in [4.69, 9.17) is 0 Å². The Morgan fingerprint density at radius 1 is 1.19 bits per heavy atom. The number of aryl methyl sites for hydroxylation is 1. The van der Waals surface area contributed by atoms with Crippen LogP contribution in [0.1, 0.15) is 11.1 Å². The molecular weight excluding hydrogens is 264 g/mol. The van der Waals surface area contributed by atoms with Gasteiger partial charge in [0, 0.05) is 12.7 Å². The lowest BCUT2D eigenvalue weighted by atomic mass is 10.1. The predicted molar refractivity (Wildman–Crippen MR) is 70.4 cm³/mol. The molecule has 2 nitrogen and oxygen atoms in total. The molecule has 0 aliphatic rings. The van der Waals surface area contributed by atoms with Crippen molar-refractivity contribution < 1.29 is 0 Å². The molecule has 16 heavy (non-hydrogen) atoms. The number of nitrogens with one attached hydrogen (secondary N) is 1. The third-order valence-electron chi connectivity index (χ3n) is 2.47. The molecule has 3 heteroatoms. The Hall–Kier alpha value is -1.35. The number of hydrogen-bond donors (Lipinski definition) is 1. The van der Waals surface area contributed by atoms with Crippen LogP contribution in [0.5, 0.6) is 0 Å². The van der Waals surface area contributed by atoms with Crippen LogP contribution in [-0.4, -0.2) is 4.98 Å². The molecule has 0 fully saturated rings. The van der Waals surface area contributed by atoms with Gasteiger partial charge in [0.15, 0.2) is 0 Å². The third-order valence-corrected chi connectivity index (χ3v) is 3.11. The van der Waals surface area contributed by atoms with Crippen LogP contribution in [-0.2, 0) is 6.54 Å². The van der Waals surface area contributed by atoms with E-state index in [1.165, 1.54) is 11.1 Å². The van der Waals surface area contributed by atoms with Gasteiger partial charge in [0.1, 0.15) is 5.82 Å². The van der Waals surface area contributed by atoms with E-state index in [-0.39, 0.29) is 0 Å². The van der Waals surface area contributed by atoms with Gasteiger partial charge in [0.25, 0.3) is 0 Å². The number of anilines is 1. The van der Waals surface area contributed by atoms with E-state index >= 15 is 0 Å². The monoisotopic (exact) mass is 276 g/mol. The van der Waals surface area contributed by atoms with Crippen molar-refractivity contribution >= 4 is 21.7 Å². The Balaban J connectivity index is 2.09. The molecule has 1 N–H and O–H groups in total. The van der Waals surface area contributed by atoms with Gasteiger partial charge in [-0.05, 0) is 46.1 Å². The molecule has 2 aromatic rings. The van der Waals surface area contributed by atoms with Gasteiger partial charge in [-0.25, -0.2) is 4.98 Å². The topological polar surface area (TPSA) is 24.9 Å². The van der Waals surface area contributed by atoms with Crippen LogP contribution in [0, 0.1) is 6.92 Å². The Kier molecular flexibility index (Phi) is 3.57. The largest absolute Gasteiger partial charge is 0.365 e. The smallest absolute Gasteiger partial charge is 0.140 e. The average Bonchev–Trinajstić information content (AvgIpc) is 2.30. The molecule has 2 rings (SSSR count). The quantitative estimate of drug-likeness (QED) is 0.923. The highest BCUT2D eigenvalue weighted by Gasteiger charge is 2.00. The molecule has 0 bridgehead atoms. The lowest BCUT2D eigenvalue weighted by Crippen LogP contribution is -2.03. The zero-order chi connectivity index (χ0) is 11.4. The van der Waals surface area contributed by atoms with Gasteiger partial charge in [0.05, 0.1) is 4.47 Å². The first-order chi connectivity index (χ1) is 7.77. The van der Waals surface area contributed by atoms with Gasteiger partial charge in [-0.1, -0.05) is 24.3 Å². The number of halogens is 1. The molecule has 0 atom stereocenters. The van der Waals surface area contributed by atoms with Crippen molar-refractivity contribution in [1.82, 2.24) is 4.98 Å². The van der Waals surface area contributed by atoms with E-state index in [9.17, 15) is 0 Å². The molecule has 0 spiro atoms. The molecule has 82 valence electrons. The summed E-state index contributed by atoms with van der Waals surface area (Å²) in [6.45, 7) is 2.91. The van der Waals surface area contributed by atoms with Crippen LogP contribution in [0.25, 0.3) is 0 Å². The molecule has 0 amide bonds. The van der Waals surface area contributed by atoms with Crippen LogP contribution in [0.4, 0.5) is 5.82 Å². The average molecular weight is 277 g/mol.